The number of aromatic nitrogens is 1. The van der Waals surface area contributed by atoms with Gasteiger partial charge in [-0.05, 0) is 74.8 Å². The highest BCUT2D eigenvalue weighted by molar-refractivity contribution is 5.89. The second kappa shape index (κ2) is 11.5. The van der Waals surface area contributed by atoms with E-state index in [-0.39, 0.29) is 17.9 Å². The van der Waals surface area contributed by atoms with E-state index < -0.39 is 17.6 Å². The number of nitrogens with zero attached hydrogens (tertiary/aromatic N) is 2. The van der Waals surface area contributed by atoms with E-state index in [2.05, 4.69) is 13.5 Å². The maximum atomic E-state index is 14.8. The molecule has 1 unspecified atom stereocenters. The van der Waals surface area contributed by atoms with E-state index in [1.54, 1.807) is 19.2 Å². The van der Waals surface area contributed by atoms with E-state index in [4.69, 9.17) is 14.7 Å². The Bertz CT molecular complexity index is 1100. The fraction of sp³-hybridized carbons (Fsp3) is 0.429. The summed E-state index contributed by atoms with van der Waals surface area (Å²) in [4.78, 5) is 9.46. The molecule has 2 aromatic rings. The highest BCUT2D eigenvalue weighted by Crippen LogP contribution is 2.37. The predicted octanol–water partition coefficient (Wildman–Crippen LogP) is 6.84. The van der Waals surface area contributed by atoms with Crippen molar-refractivity contribution in [3.8, 4) is 17.0 Å². The van der Waals surface area contributed by atoms with Crippen molar-refractivity contribution in [2.45, 2.75) is 59.3 Å². The van der Waals surface area contributed by atoms with Gasteiger partial charge in [0.1, 0.15) is 23.1 Å². The van der Waals surface area contributed by atoms with Crippen LogP contribution in [0.2, 0.25) is 0 Å². The summed E-state index contributed by atoms with van der Waals surface area (Å²) in [5.41, 5.74) is 3.96. The van der Waals surface area contributed by atoms with Crippen molar-refractivity contribution in [3.63, 3.8) is 0 Å². The van der Waals surface area contributed by atoms with Crippen LogP contribution in [0.3, 0.4) is 0 Å². The molecule has 3 rings (SSSR count). The first kappa shape index (κ1) is 25.8. The predicted molar refractivity (Wildman–Crippen MR) is 133 cm³/mol. The molecule has 1 aromatic carbocycles. The topological polar surface area (TPSA) is 54.7 Å². The van der Waals surface area contributed by atoms with E-state index in [1.165, 1.54) is 24.6 Å². The standard InChI is InChI=1S/C28H34F2N2O2/c1-6-9-25(20-10-11-20)31-15-19(7-2)22(16-33)26-13-18(5)28(34-8-3)27(32-26)21-12-17(4)23(29)14-24(21)30/h7,12-15,20,22,33H,2,6,8-11,16H2,1,3-5H3/b19-15+,31-25?. The number of pyridine rings is 1. The van der Waals surface area contributed by atoms with Crippen LogP contribution in [0.4, 0.5) is 8.78 Å². The zero-order chi connectivity index (χ0) is 24.8. The largest absolute Gasteiger partial charge is 0.491 e. The molecule has 1 aromatic heterocycles. The first-order valence-corrected chi connectivity index (χ1v) is 11.9. The third-order valence-corrected chi connectivity index (χ3v) is 6.08. The van der Waals surface area contributed by atoms with Gasteiger partial charge in [-0.25, -0.2) is 13.8 Å². The second-order valence-electron chi connectivity index (χ2n) is 8.77. The van der Waals surface area contributed by atoms with Gasteiger partial charge in [0.15, 0.2) is 0 Å². The lowest BCUT2D eigenvalue weighted by Gasteiger charge is -2.20. The quantitative estimate of drug-likeness (QED) is 0.290. The molecular formula is C28H34F2N2O2. The summed E-state index contributed by atoms with van der Waals surface area (Å²) in [6.07, 6.45) is 7.77. The average Bonchev–Trinajstić information content (AvgIpc) is 3.65. The zero-order valence-corrected chi connectivity index (χ0v) is 20.5. The molecule has 6 heteroatoms. The monoisotopic (exact) mass is 468 g/mol. The van der Waals surface area contributed by atoms with Crippen molar-refractivity contribution in [2.75, 3.05) is 13.2 Å². The van der Waals surface area contributed by atoms with Crippen LogP contribution in [0.25, 0.3) is 11.3 Å². The lowest BCUT2D eigenvalue weighted by atomic mass is 9.94. The van der Waals surface area contributed by atoms with Crippen LogP contribution in [0.5, 0.6) is 5.75 Å². The van der Waals surface area contributed by atoms with Crippen LogP contribution in [0.1, 0.15) is 62.3 Å². The summed E-state index contributed by atoms with van der Waals surface area (Å²) in [6, 6.07) is 4.14. The normalized spacial score (nSPS) is 15.4. The number of hydrogen-bond donors (Lipinski definition) is 1. The molecule has 1 atom stereocenters. The summed E-state index contributed by atoms with van der Waals surface area (Å²) >= 11 is 0. The van der Waals surface area contributed by atoms with E-state index in [9.17, 15) is 13.9 Å². The minimum Gasteiger partial charge on any atom is -0.491 e. The highest BCUT2D eigenvalue weighted by Gasteiger charge is 2.27. The summed E-state index contributed by atoms with van der Waals surface area (Å²) in [6.45, 7) is 11.5. The van der Waals surface area contributed by atoms with Crippen LogP contribution in [0.15, 0.2) is 47.6 Å². The lowest BCUT2D eigenvalue weighted by molar-refractivity contribution is 0.278. The molecule has 0 radical (unpaired) electrons. The van der Waals surface area contributed by atoms with Gasteiger partial charge in [-0.15, -0.1) is 0 Å². The Labute approximate surface area is 201 Å². The number of aliphatic imine (C=N–C) groups is 1. The summed E-state index contributed by atoms with van der Waals surface area (Å²) in [7, 11) is 0. The number of aliphatic hydroxyl groups is 1. The number of benzene rings is 1. The van der Waals surface area contributed by atoms with Crippen LogP contribution in [-0.4, -0.2) is 29.0 Å². The maximum Gasteiger partial charge on any atom is 0.148 e. The van der Waals surface area contributed by atoms with Crippen molar-refractivity contribution >= 4 is 5.71 Å². The van der Waals surface area contributed by atoms with Gasteiger partial charge in [0.25, 0.3) is 0 Å². The first-order valence-electron chi connectivity index (χ1n) is 11.9. The van der Waals surface area contributed by atoms with E-state index in [0.717, 1.165) is 30.0 Å². The smallest absolute Gasteiger partial charge is 0.148 e. The van der Waals surface area contributed by atoms with Gasteiger partial charge in [0, 0.05) is 23.5 Å². The van der Waals surface area contributed by atoms with Crippen molar-refractivity contribution < 1.29 is 18.6 Å². The van der Waals surface area contributed by atoms with Gasteiger partial charge in [0.2, 0.25) is 0 Å². The Morgan fingerprint density at radius 1 is 1.21 bits per heavy atom. The number of halogens is 2. The number of rotatable bonds is 11. The Balaban J connectivity index is 2.12. The zero-order valence-electron chi connectivity index (χ0n) is 20.5. The fourth-order valence-electron chi connectivity index (χ4n) is 4.07. The molecule has 34 heavy (non-hydrogen) atoms. The van der Waals surface area contributed by atoms with Gasteiger partial charge >= 0.3 is 0 Å². The molecule has 0 saturated heterocycles. The molecule has 1 aliphatic carbocycles. The molecule has 182 valence electrons. The molecule has 4 nitrogen and oxygen atoms in total. The van der Waals surface area contributed by atoms with Gasteiger partial charge in [-0.1, -0.05) is 26.0 Å². The maximum absolute atomic E-state index is 14.8. The summed E-state index contributed by atoms with van der Waals surface area (Å²) < 4.78 is 34.6. The molecule has 0 spiro atoms. The summed E-state index contributed by atoms with van der Waals surface area (Å²) in [5.74, 6) is -0.841. The van der Waals surface area contributed by atoms with Gasteiger partial charge in [-0.3, -0.25) is 4.99 Å². The SMILES string of the molecule is C=C/C(=C\N=C(CCC)C1CC1)C(CO)c1cc(C)c(OCC)c(-c2cc(C)c(F)cc2F)n1. The first-order chi connectivity index (χ1) is 16.3. The van der Waals surface area contributed by atoms with Crippen molar-refractivity contribution in [2.24, 2.45) is 10.9 Å². The Kier molecular flexibility index (Phi) is 8.72. The Morgan fingerprint density at radius 2 is 1.94 bits per heavy atom. The van der Waals surface area contributed by atoms with E-state index >= 15 is 0 Å². The molecule has 1 heterocycles. The van der Waals surface area contributed by atoms with Crippen LogP contribution in [0, 0.1) is 31.4 Å². The second-order valence-corrected chi connectivity index (χ2v) is 8.77. The van der Waals surface area contributed by atoms with Crippen LogP contribution < -0.4 is 4.74 Å². The molecule has 0 amide bonds. The highest BCUT2D eigenvalue weighted by atomic mass is 19.1. The molecule has 1 N–H and O–H groups in total. The number of allylic oxidation sites excluding steroid dienone is 1. The number of ether oxygens (including phenoxy) is 1. The van der Waals surface area contributed by atoms with Crippen molar-refractivity contribution in [3.05, 3.63) is 71.1 Å². The minimum atomic E-state index is -0.716. The molecule has 1 fully saturated rings. The van der Waals surface area contributed by atoms with E-state index in [0.29, 0.717) is 29.5 Å². The molecule has 0 bridgehead atoms. The van der Waals surface area contributed by atoms with Crippen LogP contribution >= 0.6 is 0 Å². The Hall–Kier alpha value is -2.86. The minimum absolute atomic E-state index is 0.158. The molecule has 1 saturated carbocycles. The molecular weight excluding hydrogens is 434 g/mol. The number of hydrogen-bond acceptors (Lipinski definition) is 4. The van der Waals surface area contributed by atoms with Crippen molar-refractivity contribution in [1.29, 1.82) is 0 Å². The molecule has 0 aliphatic heterocycles. The van der Waals surface area contributed by atoms with Gasteiger partial charge < -0.3 is 9.84 Å². The number of aliphatic hydroxyl groups excluding tert-OH is 1. The average molecular weight is 469 g/mol. The third-order valence-electron chi connectivity index (χ3n) is 6.08. The summed E-state index contributed by atoms with van der Waals surface area (Å²) in [5, 5.41) is 10.3. The van der Waals surface area contributed by atoms with Gasteiger partial charge in [0.05, 0.1) is 24.8 Å². The van der Waals surface area contributed by atoms with E-state index in [1.807, 2.05) is 19.9 Å². The Morgan fingerprint density at radius 3 is 2.53 bits per heavy atom. The third kappa shape index (κ3) is 5.79. The number of aryl methyl sites for hydroxylation is 2. The molecule has 1 aliphatic rings. The van der Waals surface area contributed by atoms with Crippen LogP contribution in [-0.2, 0) is 0 Å². The lowest BCUT2D eigenvalue weighted by Crippen LogP contribution is -2.11. The van der Waals surface area contributed by atoms with Gasteiger partial charge in [-0.2, -0.15) is 0 Å². The van der Waals surface area contributed by atoms with Crippen molar-refractivity contribution in [1.82, 2.24) is 4.98 Å². The fourth-order valence-corrected chi connectivity index (χ4v) is 4.07.